The van der Waals surface area contributed by atoms with Gasteiger partial charge in [-0.15, -0.1) is 0 Å². The van der Waals surface area contributed by atoms with Gasteiger partial charge in [0.15, 0.2) is 0 Å². The Morgan fingerprint density at radius 1 is 1.24 bits per heavy atom. The number of nitrogens with one attached hydrogen (secondary N) is 1. The van der Waals surface area contributed by atoms with E-state index in [9.17, 15) is 14.9 Å². The Balaban J connectivity index is 2.16. The van der Waals surface area contributed by atoms with Crippen molar-refractivity contribution in [3.63, 3.8) is 0 Å². The summed E-state index contributed by atoms with van der Waals surface area (Å²) in [7, 11) is 0. The molecule has 0 aliphatic rings. The van der Waals surface area contributed by atoms with Gasteiger partial charge in [0.1, 0.15) is 0 Å². The molecule has 0 fully saturated rings. The summed E-state index contributed by atoms with van der Waals surface area (Å²) in [5.74, 6) is -0.354. The van der Waals surface area contributed by atoms with Gasteiger partial charge in [0.2, 0.25) is 5.91 Å². The van der Waals surface area contributed by atoms with Crippen LogP contribution in [0.2, 0.25) is 5.02 Å². The van der Waals surface area contributed by atoms with Crippen molar-refractivity contribution in [1.29, 1.82) is 0 Å². The maximum Gasteiger partial charge on any atom is 0.273 e. The van der Waals surface area contributed by atoms with E-state index in [1.54, 1.807) is 36.4 Å². The maximum absolute atomic E-state index is 12.0. The number of carbonyl (C=O) groups excluding carboxylic acids is 1. The van der Waals surface area contributed by atoms with E-state index < -0.39 is 4.92 Å². The summed E-state index contributed by atoms with van der Waals surface area (Å²) >= 11 is 9.21. The number of benzene rings is 2. The first-order valence-electron chi connectivity index (χ1n) is 5.95. The molecule has 5 nitrogen and oxygen atoms in total. The predicted molar refractivity (Wildman–Crippen MR) is 84.6 cm³/mol. The number of nitro groups is 1. The number of nitrogens with zero attached hydrogens (tertiary/aromatic N) is 1. The third kappa shape index (κ3) is 3.80. The molecule has 2 aromatic carbocycles. The minimum atomic E-state index is -0.502. The smallest absolute Gasteiger partial charge is 0.273 e. The largest absolute Gasteiger partial charge is 0.325 e. The lowest BCUT2D eigenvalue weighted by Gasteiger charge is -2.08. The highest BCUT2D eigenvalue weighted by molar-refractivity contribution is 9.10. The number of carbonyl (C=O) groups is 1. The van der Waals surface area contributed by atoms with Gasteiger partial charge in [-0.3, -0.25) is 14.9 Å². The van der Waals surface area contributed by atoms with Gasteiger partial charge < -0.3 is 5.32 Å². The first kappa shape index (κ1) is 15.5. The molecule has 0 aliphatic heterocycles. The Morgan fingerprint density at radius 3 is 2.67 bits per heavy atom. The topological polar surface area (TPSA) is 72.2 Å². The fourth-order valence-corrected chi connectivity index (χ4v) is 2.34. The Kier molecular flexibility index (Phi) is 4.93. The van der Waals surface area contributed by atoms with Crippen LogP contribution < -0.4 is 5.32 Å². The van der Waals surface area contributed by atoms with Gasteiger partial charge in [0, 0.05) is 11.6 Å². The first-order chi connectivity index (χ1) is 9.99. The maximum atomic E-state index is 12.0. The monoisotopic (exact) mass is 368 g/mol. The lowest BCUT2D eigenvalue weighted by molar-refractivity contribution is -0.385. The fraction of sp³-hybridized carbons (Fsp3) is 0.0714. The Morgan fingerprint density at radius 2 is 1.95 bits per heavy atom. The number of anilines is 1. The van der Waals surface area contributed by atoms with Crippen molar-refractivity contribution >= 4 is 44.8 Å². The molecule has 0 unspecified atom stereocenters. The summed E-state index contributed by atoms with van der Waals surface area (Å²) in [6, 6.07) is 11.2. The van der Waals surface area contributed by atoms with Crippen LogP contribution >= 0.6 is 27.5 Å². The second-order valence-corrected chi connectivity index (χ2v) is 5.41. The highest BCUT2D eigenvalue weighted by Gasteiger charge is 2.16. The van der Waals surface area contributed by atoms with Crippen LogP contribution in [-0.4, -0.2) is 10.8 Å². The van der Waals surface area contributed by atoms with Gasteiger partial charge in [-0.25, -0.2) is 0 Å². The van der Waals surface area contributed by atoms with Crippen LogP contribution in [0.1, 0.15) is 5.56 Å². The highest BCUT2D eigenvalue weighted by Crippen LogP contribution is 2.30. The second kappa shape index (κ2) is 6.69. The molecule has 0 saturated carbocycles. The van der Waals surface area contributed by atoms with Crippen molar-refractivity contribution in [3.05, 3.63) is 67.6 Å². The van der Waals surface area contributed by atoms with E-state index in [1.165, 1.54) is 6.07 Å². The Labute approximate surface area is 134 Å². The molecule has 0 spiro atoms. The number of halogens is 2. The first-order valence-corrected chi connectivity index (χ1v) is 7.12. The molecule has 1 amide bonds. The average molecular weight is 370 g/mol. The molecule has 108 valence electrons. The van der Waals surface area contributed by atoms with E-state index in [1.807, 2.05) is 0 Å². The number of nitro benzene ring substituents is 1. The van der Waals surface area contributed by atoms with E-state index >= 15 is 0 Å². The summed E-state index contributed by atoms with van der Waals surface area (Å²) in [6.45, 7) is 0. The van der Waals surface area contributed by atoms with Crippen LogP contribution in [-0.2, 0) is 11.2 Å². The van der Waals surface area contributed by atoms with Crippen molar-refractivity contribution in [1.82, 2.24) is 0 Å². The standard InChI is InChI=1S/C14H10BrClN2O3/c15-14-10(16)5-3-6-11(14)17-13(19)8-9-4-1-2-7-12(9)18(20)21/h1-7H,8H2,(H,17,19). The molecule has 7 heteroatoms. The molecular formula is C14H10BrClN2O3. The lowest BCUT2D eigenvalue weighted by Crippen LogP contribution is -2.15. The van der Waals surface area contributed by atoms with E-state index in [2.05, 4.69) is 21.2 Å². The molecule has 0 aliphatic carbocycles. The number of rotatable bonds is 4. The molecule has 21 heavy (non-hydrogen) atoms. The molecule has 0 atom stereocenters. The van der Waals surface area contributed by atoms with Crippen LogP contribution in [0.25, 0.3) is 0 Å². The molecule has 2 rings (SSSR count). The summed E-state index contributed by atoms with van der Waals surface area (Å²) in [5, 5.41) is 14.1. The van der Waals surface area contributed by atoms with Gasteiger partial charge in [-0.2, -0.15) is 0 Å². The SMILES string of the molecule is O=C(Cc1ccccc1[N+](=O)[O-])Nc1cccc(Cl)c1Br. The summed E-state index contributed by atoms with van der Waals surface area (Å²) in [4.78, 5) is 22.4. The normalized spacial score (nSPS) is 10.2. The van der Waals surface area contributed by atoms with Crippen molar-refractivity contribution < 1.29 is 9.72 Å². The summed E-state index contributed by atoms with van der Waals surface area (Å²) in [6.07, 6.45) is -0.0872. The predicted octanol–water partition coefficient (Wildman–Crippen LogP) is 4.19. The van der Waals surface area contributed by atoms with Gasteiger partial charge in [-0.1, -0.05) is 35.9 Å². The van der Waals surface area contributed by atoms with Crippen molar-refractivity contribution in [3.8, 4) is 0 Å². The van der Waals surface area contributed by atoms with Crippen LogP contribution in [0.3, 0.4) is 0 Å². The summed E-state index contributed by atoms with van der Waals surface area (Å²) in [5.41, 5.74) is 0.807. The van der Waals surface area contributed by atoms with Crippen LogP contribution in [0, 0.1) is 10.1 Å². The zero-order valence-corrected chi connectivity index (χ0v) is 13.0. The molecule has 0 bridgehead atoms. The quantitative estimate of drug-likeness (QED) is 0.648. The van der Waals surface area contributed by atoms with Crippen LogP contribution in [0.4, 0.5) is 11.4 Å². The number of hydrogen-bond acceptors (Lipinski definition) is 3. The second-order valence-electron chi connectivity index (χ2n) is 4.21. The van der Waals surface area contributed by atoms with Gasteiger partial charge in [-0.05, 0) is 28.1 Å². The van der Waals surface area contributed by atoms with E-state index in [4.69, 9.17) is 11.6 Å². The molecule has 0 aromatic heterocycles. The van der Waals surface area contributed by atoms with E-state index in [0.717, 1.165) is 0 Å². The molecule has 0 saturated heterocycles. The van der Waals surface area contributed by atoms with Gasteiger partial charge in [0.05, 0.1) is 26.5 Å². The minimum absolute atomic E-state index is 0.0715. The van der Waals surface area contributed by atoms with Crippen molar-refractivity contribution in [2.45, 2.75) is 6.42 Å². The zero-order chi connectivity index (χ0) is 15.4. The number of hydrogen-bond donors (Lipinski definition) is 1. The lowest BCUT2D eigenvalue weighted by atomic mass is 10.1. The molecule has 1 N–H and O–H groups in total. The van der Waals surface area contributed by atoms with E-state index in [0.29, 0.717) is 20.7 Å². The Hall–Kier alpha value is -1.92. The molecule has 2 aromatic rings. The number of para-hydroxylation sites is 1. The van der Waals surface area contributed by atoms with Crippen LogP contribution in [0.5, 0.6) is 0 Å². The Bertz CT molecular complexity index is 706. The van der Waals surface area contributed by atoms with Gasteiger partial charge in [0.25, 0.3) is 5.69 Å². The zero-order valence-electron chi connectivity index (χ0n) is 10.7. The summed E-state index contributed by atoms with van der Waals surface area (Å²) < 4.78 is 0.572. The molecule has 0 heterocycles. The van der Waals surface area contributed by atoms with Gasteiger partial charge >= 0.3 is 0 Å². The highest BCUT2D eigenvalue weighted by atomic mass is 79.9. The van der Waals surface area contributed by atoms with Crippen LogP contribution in [0.15, 0.2) is 46.9 Å². The average Bonchev–Trinajstić information content (AvgIpc) is 2.44. The minimum Gasteiger partial charge on any atom is -0.325 e. The number of amides is 1. The molecule has 0 radical (unpaired) electrons. The van der Waals surface area contributed by atoms with E-state index in [-0.39, 0.29) is 18.0 Å². The fourth-order valence-electron chi connectivity index (χ4n) is 1.81. The molecular weight excluding hydrogens is 360 g/mol. The van der Waals surface area contributed by atoms with Crippen molar-refractivity contribution in [2.75, 3.05) is 5.32 Å². The third-order valence-corrected chi connectivity index (χ3v) is 4.16. The third-order valence-electron chi connectivity index (χ3n) is 2.77. The van der Waals surface area contributed by atoms with Crippen molar-refractivity contribution in [2.24, 2.45) is 0 Å².